The van der Waals surface area contributed by atoms with Gasteiger partial charge in [-0.05, 0) is 49.8 Å². The van der Waals surface area contributed by atoms with Crippen LogP contribution in [0.1, 0.15) is 31.7 Å². The Kier molecular flexibility index (Phi) is 9.20. The standard InChI is InChI=1S/C18H24F3N2O5/c1-11(16(22)25)5-7-13(17(26)23-27)10-14(24)8-6-12-3-2-4-15(9-12)28-18(19,20)21/h2-4,8-9,11,13-14,24,27H,5-7,10H2,1H3,(H2,22,25)(H,23,26). The maximum atomic E-state index is 12.3. The molecule has 1 aromatic rings. The number of carbonyl (C=O) groups is 2. The van der Waals surface area contributed by atoms with Crippen molar-refractivity contribution in [2.24, 2.45) is 17.6 Å². The van der Waals surface area contributed by atoms with Crippen molar-refractivity contribution in [2.75, 3.05) is 0 Å². The van der Waals surface area contributed by atoms with Gasteiger partial charge in [0.2, 0.25) is 11.8 Å². The minimum atomic E-state index is -4.80. The van der Waals surface area contributed by atoms with Crippen LogP contribution in [0.4, 0.5) is 13.2 Å². The Morgan fingerprint density at radius 1 is 1.32 bits per heavy atom. The smallest absolute Gasteiger partial charge is 0.406 e. The lowest BCUT2D eigenvalue weighted by Crippen LogP contribution is -2.32. The highest BCUT2D eigenvalue weighted by molar-refractivity contribution is 5.78. The van der Waals surface area contributed by atoms with Crippen LogP contribution in [0.3, 0.4) is 0 Å². The van der Waals surface area contributed by atoms with Crippen molar-refractivity contribution in [1.82, 2.24) is 5.48 Å². The van der Waals surface area contributed by atoms with Gasteiger partial charge in [0.25, 0.3) is 0 Å². The molecule has 1 aromatic carbocycles. The predicted octanol–water partition coefficient (Wildman–Crippen LogP) is 2.11. The molecule has 3 atom stereocenters. The molecule has 157 valence electrons. The number of hydroxylamine groups is 1. The number of hydrogen-bond donors (Lipinski definition) is 4. The van der Waals surface area contributed by atoms with E-state index in [1.54, 1.807) is 13.0 Å². The van der Waals surface area contributed by atoms with Crippen LogP contribution >= 0.6 is 0 Å². The maximum Gasteiger partial charge on any atom is 0.573 e. The van der Waals surface area contributed by atoms with Gasteiger partial charge in [-0.3, -0.25) is 14.8 Å². The summed E-state index contributed by atoms with van der Waals surface area (Å²) in [6, 6.07) is 5.32. The summed E-state index contributed by atoms with van der Waals surface area (Å²) >= 11 is 0. The number of ether oxygens (including phenoxy) is 1. The van der Waals surface area contributed by atoms with Crippen molar-refractivity contribution in [3.8, 4) is 5.75 Å². The fourth-order valence-corrected chi connectivity index (χ4v) is 2.57. The number of alkyl halides is 3. The van der Waals surface area contributed by atoms with Gasteiger partial charge in [0.05, 0.1) is 6.10 Å². The molecule has 0 aromatic heterocycles. The number of aliphatic hydroxyl groups excluding tert-OH is 1. The molecule has 0 heterocycles. The van der Waals surface area contributed by atoms with Crippen molar-refractivity contribution in [1.29, 1.82) is 0 Å². The zero-order chi connectivity index (χ0) is 21.3. The highest BCUT2D eigenvalue weighted by atomic mass is 19.4. The number of aliphatic hydroxyl groups is 1. The van der Waals surface area contributed by atoms with Crippen LogP contribution in [-0.2, 0) is 16.0 Å². The van der Waals surface area contributed by atoms with Crippen molar-refractivity contribution in [3.63, 3.8) is 0 Å². The summed E-state index contributed by atoms with van der Waals surface area (Å²) in [6.07, 6.45) is -3.79. The predicted molar refractivity (Wildman–Crippen MR) is 92.8 cm³/mol. The second-order valence-electron chi connectivity index (χ2n) is 6.49. The van der Waals surface area contributed by atoms with Crippen LogP contribution in [0.5, 0.6) is 5.75 Å². The number of nitrogens with one attached hydrogen (secondary N) is 1. The summed E-state index contributed by atoms with van der Waals surface area (Å²) < 4.78 is 40.6. The average molecular weight is 405 g/mol. The molecular formula is C18H24F3N2O5. The zero-order valence-electron chi connectivity index (χ0n) is 15.3. The van der Waals surface area contributed by atoms with Gasteiger partial charge in [-0.15, -0.1) is 13.2 Å². The normalized spacial score (nSPS) is 14.8. The van der Waals surface area contributed by atoms with E-state index in [0.717, 1.165) is 6.07 Å². The maximum absolute atomic E-state index is 12.3. The summed E-state index contributed by atoms with van der Waals surface area (Å²) in [7, 11) is 0. The molecule has 2 amide bonds. The second kappa shape index (κ2) is 10.9. The Balaban J connectivity index is 2.60. The topological polar surface area (TPSA) is 122 Å². The quantitative estimate of drug-likeness (QED) is 0.332. The van der Waals surface area contributed by atoms with Crippen LogP contribution in [0.15, 0.2) is 24.3 Å². The lowest BCUT2D eigenvalue weighted by Gasteiger charge is -2.19. The zero-order valence-corrected chi connectivity index (χ0v) is 15.3. The van der Waals surface area contributed by atoms with Crippen LogP contribution < -0.4 is 16.0 Å². The van der Waals surface area contributed by atoms with Crippen LogP contribution in [-0.4, -0.2) is 34.6 Å². The van der Waals surface area contributed by atoms with Gasteiger partial charge in [-0.2, -0.15) is 0 Å². The lowest BCUT2D eigenvalue weighted by molar-refractivity contribution is -0.274. The van der Waals surface area contributed by atoms with E-state index in [0.29, 0.717) is 12.0 Å². The second-order valence-corrected chi connectivity index (χ2v) is 6.49. The molecule has 0 fully saturated rings. The summed E-state index contributed by atoms with van der Waals surface area (Å²) in [4.78, 5) is 22.8. The molecule has 3 unspecified atom stereocenters. The number of amides is 2. The van der Waals surface area contributed by atoms with Crippen molar-refractivity contribution >= 4 is 11.8 Å². The minimum Gasteiger partial charge on any atom is -0.406 e. The first kappa shape index (κ1) is 23.7. The van der Waals surface area contributed by atoms with Crippen molar-refractivity contribution in [3.05, 3.63) is 36.2 Å². The Morgan fingerprint density at radius 2 is 2.00 bits per heavy atom. The highest BCUT2D eigenvalue weighted by Gasteiger charge is 2.31. The van der Waals surface area contributed by atoms with Gasteiger partial charge >= 0.3 is 6.36 Å². The molecule has 0 saturated heterocycles. The number of rotatable bonds is 11. The molecule has 28 heavy (non-hydrogen) atoms. The Bertz CT molecular complexity index is 654. The number of halogens is 3. The molecule has 0 aliphatic carbocycles. The molecule has 0 saturated carbocycles. The van der Waals surface area contributed by atoms with E-state index in [1.807, 2.05) is 0 Å². The van der Waals surface area contributed by atoms with E-state index in [1.165, 1.54) is 24.0 Å². The van der Waals surface area contributed by atoms with E-state index in [4.69, 9.17) is 10.9 Å². The number of hydrogen-bond acceptors (Lipinski definition) is 5. The molecule has 0 aliphatic heterocycles. The van der Waals surface area contributed by atoms with Gasteiger partial charge in [-0.1, -0.05) is 19.1 Å². The number of primary amides is 1. The number of benzene rings is 1. The fourth-order valence-electron chi connectivity index (χ4n) is 2.57. The largest absolute Gasteiger partial charge is 0.573 e. The van der Waals surface area contributed by atoms with E-state index in [9.17, 15) is 27.9 Å². The molecule has 7 nitrogen and oxygen atoms in total. The molecular weight excluding hydrogens is 381 g/mol. The van der Waals surface area contributed by atoms with E-state index in [2.05, 4.69) is 4.74 Å². The fraction of sp³-hybridized carbons (Fsp3) is 0.500. The molecule has 0 bridgehead atoms. The van der Waals surface area contributed by atoms with Gasteiger partial charge in [0.1, 0.15) is 5.75 Å². The summed E-state index contributed by atoms with van der Waals surface area (Å²) in [5.74, 6) is -2.82. The monoisotopic (exact) mass is 405 g/mol. The number of carbonyl (C=O) groups excluding carboxylic acids is 2. The van der Waals surface area contributed by atoms with E-state index >= 15 is 0 Å². The molecule has 1 radical (unpaired) electrons. The molecule has 0 aliphatic rings. The van der Waals surface area contributed by atoms with Crippen LogP contribution in [0, 0.1) is 18.3 Å². The molecule has 10 heteroatoms. The SMILES string of the molecule is CC(CCC(CC(O)[CH]Cc1cccc(OC(F)(F)F)c1)C(=O)NO)C(N)=O. The Hall–Kier alpha value is -2.33. The molecule has 1 rings (SSSR count). The summed E-state index contributed by atoms with van der Waals surface area (Å²) in [5, 5.41) is 19.0. The lowest BCUT2D eigenvalue weighted by atomic mass is 9.90. The van der Waals surface area contributed by atoms with E-state index < -0.39 is 36.1 Å². The third-order valence-corrected chi connectivity index (χ3v) is 4.20. The average Bonchev–Trinajstić information content (AvgIpc) is 2.61. The van der Waals surface area contributed by atoms with Gasteiger partial charge in [0.15, 0.2) is 0 Å². The van der Waals surface area contributed by atoms with Gasteiger partial charge < -0.3 is 15.6 Å². The van der Waals surface area contributed by atoms with Crippen LogP contribution in [0.25, 0.3) is 0 Å². The molecule has 0 spiro atoms. The Labute approximate surface area is 160 Å². The summed E-state index contributed by atoms with van der Waals surface area (Å²) in [6.45, 7) is 1.61. The molecule has 5 N–H and O–H groups in total. The van der Waals surface area contributed by atoms with Gasteiger partial charge in [-0.25, -0.2) is 5.48 Å². The first-order chi connectivity index (χ1) is 13.0. The Morgan fingerprint density at radius 3 is 2.57 bits per heavy atom. The van der Waals surface area contributed by atoms with Crippen LogP contribution in [0.2, 0.25) is 0 Å². The van der Waals surface area contributed by atoms with Crippen molar-refractivity contribution in [2.45, 2.75) is 45.1 Å². The minimum absolute atomic E-state index is 0.0311. The third-order valence-electron chi connectivity index (χ3n) is 4.20. The van der Waals surface area contributed by atoms with E-state index in [-0.39, 0.29) is 25.0 Å². The van der Waals surface area contributed by atoms with Gasteiger partial charge in [0, 0.05) is 11.8 Å². The third kappa shape index (κ3) is 9.05. The summed E-state index contributed by atoms with van der Waals surface area (Å²) in [5.41, 5.74) is 7.17. The number of nitrogens with two attached hydrogens (primary N) is 1. The first-order valence-electron chi connectivity index (χ1n) is 8.61. The first-order valence-corrected chi connectivity index (χ1v) is 8.61. The highest BCUT2D eigenvalue weighted by Crippen LogP contribution is 2.24. The van der Waals surface area contributed by atoms with Crippen molar-refractivity contribution < 1.29 is 37.8 Å².